The van der Waals surface area contributed by atoms with Crippen molar-refractivity contribution in [2.75, 3.05) is 20.1 Å². The van der Waals surface area contributed by atoms with E-state index in [0.717, 1.165) is 37.8 Å². The van der Waals surface area contributed by atoms with Gasteiger partial charge >= 0.3 is 0 Å². The van der Waals surface area contributed by atoms with E-state index in [1.54, 1.807) is 0 Å². The van der Waals surface area contributed by atoms with E-state index in [0.29, 0.717) is 11.9 Å². The van der Waals surface area contributed by atoms with Crippen LogP contribution in [0.15, 0.2) is 0 Å². The molecule has 0 aromatic carbocycles. The largest absolute Gasteiger partial charge is 0.342 e. The Morgan fingerprint density at radius 3 is 2.29 bits per heavy atom. The average molecular weight is 236 g/mol. The molecule has 1 amide bonds. The van der Waals surface area contributed by atoms with Crippen molar-refractivity contribution in [3.8, 4) is 0 Å². The van der Waals surface area contributed by atoms with Gasteiger partial charge in [0, 0.05) is 19.6 Å². The molecular formula is C14H24N2O. The van der Waals surface area contributed by atoms with Crippen LogP contribution in [0.4, 0.5) is 0 Å². The van der Waals surface area contributed by atoms with E-state index in [4.69, 9.17) is 0 Å². The Bertz CT molecular complexity index is 279. The van der Waals surface area contributed by atoms with Crippen molar-refractivity contribution in [2.24, 2.45) is 17.8 Å². The maximum atomic E-state index is 12.5. The van der Waals surface area contributed by atoms with Gasteiger partial charge in [0.05, 0.1) is 5.92 Å². The fourth-order valence-corrected chi connectivity index (χ4v) is 3.39. The van der Waals surface area contributed by atoms with E-state index in [-0.39, 0.29) is 5.92 Å². The Kier molecular flexibility index (Phi) is 3.12. The molecule has 1 atom stereocenters. The summed E-state index contributed by atoms with van der Waals surface area (Å²) in [4.78, 5) is 14.6. The average Bonchev–Trinajstić information content (AvgIpc) is 3.23. The molecular weight excluding hydrogens is 212 g/mol. The first-order valence-electron chi connectivity index (χ1n) is 7.25. The van der Waals surface area contributed by atoms with Crippen molar-refractivity contribution >= 4 is 5.91 Å². The molecule has 96 valence electrons. The number of piperidine rings is 1. The molecule has 0 spiro atoms. The van der Waals surface area contributed by atoms with Crippen LogP contribution < -0.4 is 5.32 Å². The molecule has 3 aliphatic rings. The van der Waals surface area contributed by atoms with E-state index in [1.165, 1.54) is 25.7 Å². The summed E-state index contributed by atoms with van der Waals surface area (Å²) in [6.07, 6.45) is 7.63. The number of nitrogens with zero attached hydrogens (tertiary/aromatic N) is 1. The van der Waals surface area contributed by atoms with Gasteiger partial charge in [0.15, 0.2) is 0 Å². The van der Waals surface area contributed by atoms with Crippen molar-refractivity contribution in [2.45, 2.75) is 44.6 Å². The van der Waals surface area contributed by atoms with Crippen LogP contribution in [0.1, 0.15) is 38.5 Å². The van der Waals surface area contributed by atoms with Crippen LogP contribution in [0.2, 0.25) is 0 Å². The van der Waals surface area contributed by atoms with Gasteiger partial charge in [0.25, 0.3) is 0 Å². The summed E-state index contributed by atoms with van der Waals surface area (Å²) < 4.78 is 0. The monoisotopic (exact) mass is 236 g/mol. The van der Waals surface area contributed by atoms with E-state index in [9.17, 15) is 4.79 Å². The van der Waals surface area contributed by atoms with Gasteiger partial charge in [-0.3, -0.25) is 4.79 Å². The lowest BCUT2D eigenvalue weighted by atomic mass is 9.96. The summed E-state index contributed by atoms with van der Waals surface area (Å²) in [5.41, 5.74) is 0. The van der Waals surface area contributed by atoms with E-state index in [1.807, 2.05) is 0 Å². The van der Waals surface area contributed by atoms with Gasteiger partial charge in [0.2, 0.25) is 5.91 Å². The first-order valence-corrected chi connectivity index (χ1v) is 7.25. The molecule has 0 bridgehead atoms. The Balaban J connectivity index is 1.62. The molecule has 0 aromatic heterocycles. The standard InChI is InChI=1S/C14H24N2O/c1-16(13(10-4-5-10)11-6-7-11)14(17)12-3-2-8-15-9-12/h10-13,15H,2-9H2,1H3. The lowest BCUT2D eigenvalue weighted by Gasteiger charge is -2.33. The quantitative estimate of drug-likeness (QED) is 0.804. The zero-order valence-electron chi connectivity index (χ0n) is 10.8. The molecule has 1 aliphatic heterocycles. The molecule has 1 N–H and O–H groups in total. The van der Waals surface area contributed by atoms with Gasteiger partial charge in [-0.05, 0) is 56.9 Å². The van der Waals surface area contributed by atoms with Gasteiger partial charge in [-0.1, -0.05) is 0 Å². The summed E-state index contributed by atoms with van der Waals surface area (Å²) in [5.74, 6) is 2.30. The van der Waals surface area contributed by atoms with Crippen LogP contribution in [-0.2, 0) is 4.79 Å². The Labute approximate surface area is 104 Å². The molecule has 1 saturated heterocycles. The topological polar surface area (TPSA) is 32.3 Å². The molecule has 17 heavy (non-hydrogen) atoms. The van der Waals surface area contributed by atoms with Gasteiger partial charge in [-0.25, -0.2) is 0 Å². The minimum atomic E-state index is 0.244. The van der Waals surface area contributed by atoms with Crippen LogP contribution in [0.3, 0.4) is 0 Å². The molecule has 3 rings (SSSR count). The highest BCUT2D eigenvalue weighted by atomic mass is 16.2. The summed E-state index contributed by atoms with van der Waals surface area (Å²) in [6.45, 7) is 1.98. The number of carbonyl (C=O) groups is 1. The van der Waals surface area contributed by atoms with Gasteiger partial charge in [-0.2, -0.15) is 0 Å². The van der Waals surface area contributed by atoms with E-state index in [2.05, 4.69) is 17.3 Å². The lowest BCUT2D eigenvalue weighted by molar-refractivity contribution is -0.137. The lowest BCUT2D eigenvalue weighted by Crippen LogP contribution is -2.47. The highest BCUT2D eigenvalue weighted by Crippen LogP contribution is 2.47. The van der Waals surface area contributed by atoms with Crippen LogP contribution in [0.5, 0.6) is 0 Å². The van der Waals surface area contributed by atoms with Crippen LogP contribution >= 0.6 is 0 Å². The molecule has 2 aliphatic carbocycles. The zero-order valence-corrected chi connectivity index (χ0v) is 10.8. The molecule has 3 fully saturated rings. The number of nitrogens with one attached hydrogen (secondary N) is 1. The molecule has 3 nitrogen and oxygen atoms in total. The zero-order chi connectivity index (χ0) is 11.8. The van der Waals surface area contributed by atoms with Crippen molar-refractivity contribution in [1.29, 1.82) is 0 Å². The fraction of sp³-hybridized carbons (Fsp3) is 0.929. The minimum Gasteiger partial charge on any atom is -0.342 e. The fourth-order valence-electron chi connectivity index (χ4n) is 3.39. The smallest absolute Gasteiger partial charge is 0.226 e. The molecule has 2 saturated carbocycles. The van der Waals surface area contributed by atoms with Crippen LogP contribution in [-0.4, -0.2) is 37.0 Å². The number of amides is 1. The second kappa shape index (κ2) is 4.60. The molecule has 3 heteroatoms. The number of hydrogen-bond donors (Lipinski definition) is 1. The predicted molar refractivity (Wildman–Crippen MR) is 67.6 cm³/mol. The van der Waals surface area contributed by atoms with Crippen molar-refractivity contribution in [3.63, 3.8) is 0 Å². The summed E-state index contributed by atoms with van der Waals surface area (Å²) in [7, 11) is 2.05. The van der Waals surface area contributed by atoms with E-state index >= 15 is 0 Å². The van der Waals surface area contributed by atoms with Crippen molar-refractivity contribution in [3.05, 3.63) is 0 Å². The van der Waals surface area contributed by atoms with Crippen molar-refractivity contribution < 1.29 is 4.79 Å². The molecule has 0 radical (unpaired) electrons. The maximum Gasteiger partial charge on any atom is 0.226 e. The minimum absolute atomic E-state index is 0.244. The molecule has 1 heterocycles. The van der Waals surface area contributed by atoms with Gasteiger partial charge in [0.1, 0.15) is 0 Å². The summed E-state index contributed by atoms with van der Waals surface area (Å²) in [5, 5.41) is 3.35. The van der Waals surface area contributed by atoms with Crippen LogP contribution in [0.25, 0.3) is 0 Å². The Hall–Kier alpha value is -0.570. The second-order valence-electron chi connectivity index (χ2n) is 6.16. The highest BCUT2D eigenvalue weighted by molar-refractivity contribution is 5.79. The van der Waals surface area contributed by atoms with E-state index < -0.39 is 0 Å². The molecule has 1 unspecified atom stereocenters. The second-order valence-corrected chi connectivity index (χ2v) is 6.16. The van der Waals surface area contributed by atoms with Crippen molar-refractivity contribution in [1.82, 2.24) is 10.2 Å². The Morgan fingerprint density at radius 1 is 1.18 bits per heavy atom. The summed E-state index contributed by atoms with van der Waals surface area (Å²) >= 11 is 0. The normalized spacial score (nSPS) is 29.4. The third-order valence-electron chi connectivity index (χ3n) is 4.65. The SMILES string of the molecule is CN(C(=O)C1CCCNC1)C(C1CC1)C1CC1. The van der Waals surface area contributed by atoms with Crippen LogP contribution in [0, 0.1) is 17.8 Å². The first-order chi connectivity index (χ1) is 8.27. The third-order valence-corrected chi connectivity index (χ3v) is 4.65. The number of hydrogen-bond acceptors (Lipinski definition) is 2. The van der Waals surface area contributed by atoms with Gasteiger partial charge < -0.3 is 10.2 Å². The predicted octanol–water partition coefficient (Wildman–Crippen LogP) is 1.63. The first kappa shape index (κ1) is 11.5. The van der Waals surface area contributed by atoms with Gasteiger partial charge in [-0.15, -0.1) is 0 Å². The number of rotatable bonds is 4. The number of carbonyl (C=O) groups excluding carboxylic acids is 1. The maximum absolute atomic E-state index is 12.5. The highest BCUT2D eigenvalue weighted by Gasteiger charge is 2.45. The molecule has 0 aromatic rings. The Morgan fingerprint density at radius 2 is 1.82 bits per heavy atom. The third kappa shape index (κ3) is 2.49. The summed E-state index contributed by atoms with van der Waals surface area (Å²) in [6, 6.07) is 0.574.